The molecule has 3 aromatic rings. The fourth-order valence-corrected chi connectivity index (χ4v) is 3.64. The summed E-state index contributed by atoms with van der Waals surface area (Å²) in [7, 11) is 1.97. The van der Waals surface area contributed by atoms with E-state index in [9.17, 15) is 9.59 Å². The largest absolute Gasteiger partial charge is 0.353 e. The van der Waals surface area contributed by atoms with Crippen molar-refractivity contribution in [1.29, 1.82) is 0 Å². The molecule has 0 spiro atoms. The molecule has 0 saturated heterocycles. The van der Waals surface area contributed by atoms with E-state index < -0.39 is 0 Å². The predicted molar refractivity (Wildman–Crippen MR) is 104 cm³/mol. The Kier molecular flexibility index (Phi) is 4.73. The van der Waals surface area contributed by atoms with Gasteiger partial charge in [0.1, 0.15) is 0 Å². The van der Waals surface area contributed by atoms with Crippen molar-refractivity contribution in [3.63, 3.8) is 0 Å². The van der Waals surface area contributed by atoms with E-state index in [1.54, 1.807) is 12.3 Å². The summed E-state index contributed by atoms with van der Waals surface area (Å²) in [6.45, 7) is 1.48. The van der Waals surface area contributed by atoms with E-state index in [1.807, 2.05) is 37.4 Å². The van der Waals surface area contributed by atoms with Crippen LogP contribution < -0.4 is 10.9 Å². The summed E-state index contributed by atoms with van der Waals surface area (Å²) in [5.41, 5.74) is 2.37. The van der Waals surface area contributed by atoms with Crippen LogP contribution in [0.2, 0.25) is 0 Å². The lowest BCUT2D eigenvalue weighted by Crippen LogP contribution is -2.49. The molecule has 0 unspecified atom stereocenters. The van der Waals surface area contributed by atoms with Gasteiger partial charge >= 0.3 is 0 Å². The highest BCUT2D eigenvalue weighted by Crippen LogP contribution is 2.21. The topological polar surface area (TPSA) is 67.2 Å². The lowest BCUT2D eigenvalue weighted by Gasteiger charge is -2.33. The number of rotatable bonds is 4. The summed E-state index contributed by atoms with van der Waals surface area (Å²) < 4.78 is 1.41. The minimum Gasteiger partial charge on any atom is -0.353 e. The van der Waals surface area contributed by atoms with E-state index in [0.717, 1.165) is 11.9 Å². The van der Waals surface area contributed by atoms with E-state index >= 15 is 0 Å². The van der Waals surface area contributed by atoms with Gasteiger partial charge in [0.25, 0.3) is 5.56 Å². The number of carbonyl (C=O) groups is 1. The van der Waals surface area contributed by atoms with Crippen LogP contribution in [-0.4, -0.2) is 40.2 Å². The lowest BCUT2D eigenvalue weighted by atomic mass is 9.94. The second kappa shape index (κ2) is 7.32. The maximum Gasteiger partial charge on any atom is 0.274 e. The molecule has 1 N–H and O–H groups in total. The first-order valence-corrected chi connectivity index (χ1v) is 9.13. The van der Waals surface area contributed by atoms with Gasteiger partial charge in [0.15, 0.2) is 0 Å². The summed E-state index contributed by atoms with van der Waals surface area (Å²) >= 11 is 0. The average Bonchev–Trinajstić information content (AvgIpc) is 2.69. The van der Waals surface area contributed by atoms with Gasteiger partial charge in [0.05, 0.1) is 24.2 Å². The molecule has 1 aromatic heterocycles. The van der Waals surface area contributed by atoms with Crippen LogP contribution >= 0.6 is 0 Å². The highest BCUT2D eigenvalue weighted by atomic mass is 16.2. The number of carbonyl (C=O) groups excluding carboxylic acids is 1. The smallest absolute Gasteiger partial charge is 0.274 e. The van der Waals surface area contributed by atoms with Crippen molar-refractivity contribution in [2.24, 2.45) is 0 Å². The lowest BCUT2D eigenvalue weighted by molar-refractivity contribution is -0.126. The number of nitrogens with zero attached hydrogens (tertiary/aromatic N) is 3. The third kappa shape index (κ3) is 3.48. The minimum absolute atomic E-state index is 0.0131. The number of aromatic nitrogens is 2. The highest BCUT2D eigenvalue weighted by molar-refractivity contribution is 5.82. The molecule has 2 heterocycles. The van der Waals surface area contributed by atoms with E-state index in [0.29, 0.717) is 24.9 Å². The minimum atomic E-state index is -0.193. The van der Waals surface area contributed by atoms with Gasteiger partial charge in [0, 0.05) is 18.5 Å². The SMILES string of the molecule is CN1Cc2ccccc2C[C@@H]1C(=O)NCCn1ncc2ccccc2c1=O. The first kappa shape index (κ1) is 17.4. The van der Waals surface area contributed by atoms with Crippen molar-refractivity contribution in [1.82, 2.24) is 20.0 Å². The van der Waals surface area contributed by atoms with Crippen LogP contribution in [0.15, 0.2) is 59.5 Å². The van der Waals surface area contributed by atoms with Gasteiger partial charge in [-0.25, -0.2) is 4.68 Å². The summed E-state index contributed by atoms with van der Waals surface area (Å²) in [6, 6.07) is 15.4. The Hall–Kier alpha value is -2.99. The predicted octanol–water partition coefficient (Wildman–Crippen LogP) is 1.57. The number of likely N-dealkylation sites (N-methyl/N-ethyl adjacent to an activating group) is 1. The molecule has 6 nitrogen and oxygen atoms in total. The van der Waals surface area contributed by atoms with E-state index in [-0.39, 0.29) is 17.5 Å². The number of hydrogen-bond acceptors (Lipinski definition) is 4. The Morgan fingerprint density at radius 3 is 2.74 bits per heavy atom. The standard InChI is InChI=1S/C21H22N4O2/c1-24-14-17-8-3-2-6-15(17)12-19(24)20(26)22-10-11-25-21(27)18-9-5-4-7-16(18)13-23-25/h2-9,13,19H,10-12,14H2,1H3,(H,22,26)/t19-/m1/s1. The average molecular weight is 362 g/mol. The summed E-state index contributed by atoms with van der Waals surface area (Å²) in [5, 5.41) is 8.63. The second-order valence-electron chi connectivity index (χ2n) is 6.95. The Balaban J connectivity index is 1.40. The van der Waals surface area contributed by atoms with Crippen molar-refractivity contribution in [2.75, 3.05) is 13.6 Å². The maximum atomic E-state index is 12.6. The molecule has 0 saturated carbocycles. The quantitative estimate of drug-likeness (QED) is 0.765. The van der Waals surface area contributed by atoms with Gasteiger partial charge in [-0.2, -0.15) is 5.10 Å². The monoisotopic (exact) mass is 362 g/mol. The molecule has 6 heteroatoms. The van der Waals surface area contributed by atoms with Crippen LogP contribution in [0.4, 0.5) is 0 Å². The second-order valence-corrected chi connectivity index (χ2v) is 6.95. The molecule has 1 aliphatic rings. The van der Waals surface area contributed by atoms with Crippen molar-refractivity contribution in [3.05, 3.63) is 76.2 Å². The van der Waals surface area contributed by atoms with Crippen LogP contribution in [-0.2, 0) is 24.3 Å². The van der Waals surface area contributed by atoms with Gasteiger partial charge < -0.3 is 5.32 Å². The third-order valence-corrected chi connectivity index (χ3v) is 5.17. The Morgan fingerprint density at radius 1 is 1.15 bits per heavy atom. The summed E-state index contributed by atoms with van der Waals surface area (Å²) in [4.78, 5) is 27.2. The Morgan fingerprint density at radius 2 is 1.89 bits per heavy atom. The van der Waals surface area contributed by atoms with Crippen molar-refractivity contribution in [2.45, 2.75) is 25.6 Å². The first-order valence-electron chi connectivity index (χ1n) is 9.13. The molecule has 0 bridgehead atoms. The Bertz CT molecular complexity index is 1040. The highest BCUT2D eigenvalue weighted by Gasteiger charge is 2.28. The van der Waals surface area contributed by atoms with Crippen LogP contribution in [0.5, 0.6) is 0 Å². The summed E-state index contributed by atoms with van der Waals surface area (Å²) in [5.74, 6) is -0.0131. The zero-order valence-electron chi connectivity index (χ0n) is 15.3. The number of fused-ring (bicyclic) bond motifs is 2. The molecule has 2 aromatic carbocycles. The summed E-state index contributed by atoms with van der Waals surface area (Å²) in [6.07, 6.45) is 2.39. The van der Waals surface area contributed by atoms with Gasteiger partial charge in [-0.1, -0.05) is 42.5 Å². The fraction of sp³-hybridized carbons (Fsp3) is 0.286. The van der Waals surface area contributed by atoms with E-state index in [1.165, 1.54) is 15.8 Å². The molecular formula is C21H22N4O2. The first-order chi connectivity index (χ1) is 13.1. The van der Waals surface area contributed by atoms with Crippen molar-refractivity contribution < 1.29 is 4.79 Å². The van der Waals surface area contributed by atoms with E-state index in [2.05, 4.69) is 27.4 Å². The molecular weight excluding hydrogens is 340 g/mol. The van der Waals surface area contributed by atoms with Gasteiger partial charge in [-0.05, 0) is 30.7 Å². The van der Waals surface area contributed by atoms with Gasteiger partial charge in [0.2, 0.25) is 5.91 Å². The maximum absolute atomic E-state index is 12.6. The van der Waals surface area contributed by atoms with Crippen molar-refractivity contribution >= 4 is 16.7 Å². The number of benzene rings is 2. The fourth-order valence-electron chi connectivity index (χ4n) is 3.64. The molecule has 27 heavy (non-hydrogen) atoms. The normalized spacial score (nSPS) is 16.9. The molecule has 4 rings (SSSR count). The molecule has 1 atom stereocenters. The molecule has 0 aliphatic carbocycles. The number of nitrogens with one attached hydrogen (secondary N) is 1. The molecule has 1 aliphatic heterocycles. The third-order valence-electron chi connectivity index (χ3n) is 5.17. The Labute approximate surface area is 157 Å². The van der Waals surface area contributed by atoms with Gasteiger partial charge in [-0.15, -0.1) is 0 Å². The van der Waals surface area contributed by atoms with Crippen LogP contribution in [0.3, 0.4) is 0 Å². The zero-order valence-corrected chi connectivity index (χ0v) is 15.3. The molecule has 1 amide bonds. The van der Waals surface area contributed by atoms with Crippen molar-refractivity contribution in [3.8, 4) is 0 Å². The molecule has 0 radical (unpaired) electrons. The zero-order chi connectivity index (χ0) is 18.8. The molecule has 138 valence electrons. The van der Waals surface area contributed by atoms with Crippen LogP contribution in [0.25, 0.3) is 10.8 Å². The van der Waals surface area contributed by atoms with Gasteiger partial charge in [-0.3, -0.25) is 14.5 Å². The molecule has 0 fully saturated rings. The van der Waals surface area contributed by atoms with Crippen LogP contribution in [0, 0.1) is 0 Å². The number of amides is 1. The number of hydrogen-bond donors (Lipinski definition) is 1. The van der Waals surface area contributed by atoms with Crippen LogP contribution in [0.1, 0.15) is 11.1 Å². The van der Waals surface area contributed by atoms with E-state index in [4.69, 9.17) is 0 Å².